The van der Waals surface area contributed by atoms with Gasteiger partial charge in [-0.15, -0.1) is 0 Å². The third-order valence-corrected chi connectivity index (χ3v) is 3.39. The van der Waals surface area contributed by atoms with Crippen LogP contribution in [0.4, 0.5) is 4.39 Å². The Labute approximate surface area is 101 Å². The predicted octanol–water partition coefficient (Wildman–Crippen LogP) is 0.500. The van der Waals surface area contributed by atoms with Crippen molar-refractivity contribution >= 4 is 0 Å². The van der Waals surface area contributed by atoms with Crippen molar-refractivity contribution in [3.05, 3.63) is 29.8 Å². The summed E-state index contributed by atoms with van der Waals surface area (Å²) in [5, 5.41) is 10.3. The van der Waals surface area contributed by atoms with Crippen LogP contribution in [-0.2, 0) is 0 Å². The first-order chi connectivity index (χ1) is 8.09. The first-order valence-corrected chi connectivity index (χ1v) is 5.76. The van der Waals surface area contributed by atoms with E-state index in [1.165, 1.54) is 6.20 Å². The van der Waals surface area contributed by atoms with E-state index in [4.69, 9.17) is 0 Å². The van der Waals surface area contributed by atoms with Gasteiger partial charge in [0.2, 0.25) is 0 Å². The van der Waals surface area contributed by atoms with Crippen LogP contribution in [0.3, 0.4) is 0 Å². The highest BCUT2D eigenvalue weighted by molar-refractivity contribution is 5.18. The molecule has 94 valence electrons. The maximum Gasteiger partial charge on any atom is 0.147 e. The summed E-state index contributed by atoms with van der Waals surface area (Å²) >= 11 is 0. The highest BCUT2D eigenvalue weighted by Gasteiger charge is 2.30. The summed E-state index contributed by atoms with van der Waals surface area (Å²) < 4.78 is 13.6. The molecule has 1 aliphatic rings. The van der Waals surface area contributed by atoms with E-state index in [1.807, 2.05) is 14.1 Å². The summed E-state index contributed by atoms with van der Waals surface area (Å²) in [5.41, 5.74) is 0.326. The molecule has 5 heteroatoms. The van der Waals surface area contributed by atoms with Crippen molar-refractivity contribution in [3.63, 3.8) is 0 Å². The molecule has 1 aromatic rings. The van der Waals surface area contributed by atoms with Gasteiger partial charge >= 0.3 is 0 Å². The van der Waals surface area contributed by atoms with E-state index in [9.17, 15) is 9.50 Å². The number of halogens is 1. The van der Waals surface area contributed by atoms with Gasteiger partial charge in [0, 0.05) is 31.4 Å². The van der Waals surface area contributed by atoms with Crippen molar-refractivity contribution in [3.8, 4) is 0 Å². The van der Waals surface area contributed by atoms with Crippen molar-refractivity contribution in [2.45, 2.75) is 12.1 Å². The standard InChI is InChI=1S/C12H18FN3O/c1-15-5-6-16(2)11(8-15)12(17)9-3-4-14-7-10(9)13/h3-4,7,11-12,17H,5-6,8H2,1-2H3. The summed E-state index contributed by atoms with van der Waals surface area (Å²) in [6.07, 6.45) is 1.84. The number of aliphatic hydroxyl groups is 1. The zero-order valence-electron chi connectivity index (χ0n) is 10.2. The van der Waals surface area contributed by atoms with Gasteiger partial charge < -0.3 is 10.0 Å². The number of rotatable bonds is 2. The second-order valence-corrected chi connectivity index (χ2v) is 4.65. The summed E-state index contributed by atoms with van der Waals surface area (Å²) in [4.78, 5) is 7.92. The number of hydrogen-bond acceptors (Lipinski definition) is 4. The molecule has 0 amide bonds. The van der Waals surface area contributed by atoms with Gasteiger partial charge in [-0.2, -0.15) is 0 Å². The van der Waals surface area contributed by atoms with Crippen LogP contribution < -0.4 is 0 Å². The predicted molar refractivity (Wildman–Crippen MR) is 63.1 cm³/mol. The van der Waals surface area contributed by atoms with E-state index in [1.54, 1.807) is 6.07 Å². The molecular weight excluding hydrogens is 221 g/mol. The lowest BCUT2D eigenvalue weighted by molar-refractivity contribution is 0.0121. The van der Waals surface area contributed by atoms with Gasteiger partial charge in [0.05, 0.1) is 18.3 Å². The Morgan fingerprint density at radius 2 is 2.24 bits per heavy atom. The van der Waals surface area contributed by atoms with Crippen molar-refractivity contribution in [1.82, 2.24) is 14.8 Å². The number of likely N-dealkylation sites (N-methyl/N-ethyl adjacent to an activating group) is 2. The van der Waals surface area contributed by atoms with Crippen LogP contribution in [0, 0.1) is 5.82 Å². The van der Waals surface area contributed by atoms with Crippen LogP contribution >= 0.6 is 0 Å². The molecule has 1 N–H and O–H groups in total. The fraction of sp³-hybridized carbons (Fsp3) is 0.583. The fourth-order valence-electron chi connectivity index (χ4n) is 2.22. The Morgan fingerprint density at radius 1 is 1.47 bits per heavy atom. The molecule has 2 unspecified atom stereocenters. The largest absolute Gasteiger partial charge is 0.387 e. The molecule has 0 spiro atoms. The number of aliphatic hydroxyl groups excluding tert-OH is 1. The smallest absolute Gasteiger partial charge is 0.147 e. The molecule has 0 bridgehead atoms. The molecular formula is C12H18FN3O. The Kier molecular flexibility index (Phi) is 3.71. The molecule has 1 fully saturated rings. The quantitative estimate of drug-likeness (QED) is 0.816. The van der Waals surface area contributed by atoms with E-state index in [-0.39, 0.29) is 6.04 Å². The minimum Gasteiger partial charge on any atom is -0.387 e. The first kappa shape index (κ1) is 12.4. The van der Waals surface area contributed by atoms with Gasteiger partial charge in [-0.3, -0.25) is 9.88 Å². The molecule has 0 aliphatic carbocycles. The number of nitrogens with zero attached hydrogens (tertiary/aromatic N) is 3. The minimum absolute atomic E-state index is 0.0781. The first-order valence-electron chi connectivity index (χ1n) is 5.76. The van der Waals surface area contributed by atoms with E-state index in [0.29, 0.717) is 5.56 Å². The van der Waals surface area contributed by atoms with E-state index < -0.39 is 11.9 Å². The number of pyridine rings is 1. The Balaban J connectivity index is 2.18. The summed E-state index contributed by atoms with van der Waals surface area (Å²) in [5.74, 6) is -0.443. The average Bonchev–Trinajstić information content (AvgIpc) is 2.32. The van der Waals surface area contributed by atoms with Crippen LogP contribution in [0.15, 0.2) is 18.5 Å². The van der Waals surface area contributed by atoms with Crippen LogP contribution in [0.25, 0.3) is 0 Å². The lowest BCUT2D eigenvalue weighted by Gasteiger charge is -2.40. The molecule has 1 saturated heterocycles. The minimum atomic E-state index is -0.814. The molecule has 4 nitrogen and oxygen atoms in total. The lowest BCUT2D eigenvalue weighted by Crippen LogP contribution is -2.52. The van der Waals surface area contributed by atoms with Gasteiger partial charge in [0.15, 0.2) is 0 Å². The number of hydrogen-bond donors (Lipinski definition) is 1. The van der Waals surface area contributed by atoms with Crippen LogP contribution in [-0.4, -0.2) is 59.7 Å². The van der Waals surface area contributed by atoms with Gasteiger partial charge in [-0.25, -0.2) is 4.39 Å². The van der Waals surface area contributed by atoms with Gasteiger partial charge in [-0.05, 0) is 20.2 Å². The number of piperazine rings is 1. The highest BCUT2D eigenvalue weighted by Crippen LogP contribution is 2.24. The van der Waals surface area contributed by atoms with Crippen molar-refractivity contribution in [1.29, 1.82) is 0 Å². The maximum atomic E-state index is 13.6. The molecule has 0 saturated carbocycles. The van der Waals surface area contributed by atoms with Crippen LogP contribution in [0.1, 0.15) is 11.7 Å². The number of aromatic nitrogens is 1. The van der Waals surface area contributed by atoms with Gasteiger partial charge in [0.25, 0.3) is 0 Å². The Bertz CT molecular complexity index is 388. The van der Waals surface area contributed by atoms with Gasteiger partial charge in [-0.1, -0.05) is 0 Å². The summed E-state index contributed by atoms with van der Waals surface area (Å²) in [7, 11) is 3.97. The molecule has 17 heavy (non-hydrogen) atoms. The van der Waals surface area contributed by atoms with Crippen LogP contribution in [0.5, 0.6) is 0 Å². The van der Waals surface area contributed by atoms with Gasteiger partial charge in [0.1, 0.15) is 5.82 Å². The lowest BCUT2D eigenvalue weighted by atomic mass is 10.00. The zero-order valence-corrected chi connectivity index (χ0v) is 10.2. The topological polar surface area (TPSA) is 39.6 Å². The SMILES string of the molecule is CN1CCN(C)C(C(O)c2ccncc2F)C1. The second kappa shape index (κ2) is 5.08. The average molecular weight is 239 g/mol. The Hall–Kier alpha value is -1.04. The van der Waals surface area contributed by atoms with Crippen molar-refractivity contribution in [2.24, 2.45) is 0 Å². The molecule has 1 aromatic heterocycles. The molecule has 0 aromatic carbocycles. The molecule has 2 rings (SSSR count). The maximum absolute atomic E-state index is 13.6. The normalized spacial score (nSPS) is 24.8. The monoisotopic (exact) mass is 239 g/mol. The third-order valence-electron chi connectivity index (χ3n) is 3.39. The van der Waals surface area contributed by atoms with Crippen molar-refractivity contribution < 1.29 is 9.50 Å². The fourth-order valence-corrected chi connectivity index (χ4v) is 2.22. The van der Waals surface area contributed by atoms with E-state index in [0.717, 1.165) is 25.8 Å². The zero-order chi connectivity index (χ0) is 12.4. The molecule has 2 heterocycles. The van der Waals surface area contributed by atoms with Crippen molar-refractivity contribution in [2.75, 3.05) is 33.7 Å². The second-order valence-electron chi connectivity index (χ2n) is 4.65. The highest BCUT2D eigenvalue weighted by atomic mass is 19.1. The summed E-state index contributed by atoms with van der Waals surface area (Å²) in [6, 6.07) is 1.47. The Morgan fingerprint density at radius 3 is 2.94 bits per heavy atom. The van der Waals surface area contributed by atoms with E-state index in [2.05, 4.69) is 14.8 Å². The summed E-state index contributed by atoms with van der Waals surface area (Å²) in [6.45, 7) is 2.59. The molecule has 0 radical (unpaired) electrons. The van der Waals surface area contributed by atoms with E-state index >= 15 is 0 Å². The molecule has 2 atom stereocenters. The third kappa shape index (κ3) is 2.62. The molecule has 1 aliphatic heterocycles. The van der Waals surface area contributed by atoms with Crippen LogP contribution in [0.2, 0.25) is 0 Å².